The number of aromatic nitrogens is 1. The molecule has 0 saturated carbocycles. The number of rotatable bonds is 10. The van der Waals surface area contributed by atoms with Gasteiger partial charge in [0.15, 0.2) is 0 Å². The highest BCUT2D eigenvalue weighted by molar-refractivity contribution is 5.85. The third kappa shape index (κ3) is 5.98. The van der Waals surface area contributed by atoms with Gasteiger partial charge in [0.05, 0.1) is 6.54 Å². The molecule has 0 radical (unpaired) electrons. The summed E-state index contributed by atoms with van der Waals surface area (Å²) in [6.45, 7) is 7.23. The number of hydrogen-bond acceptors (Lipinski definition) is 2. The summed E-state index contributed by atoms with van der Waals surface area (Å²) in [5.41, 5.74) is 2.15. The number of carbonyl (C=O) groups excluding carboxylic acids is 2. The molecule has 5 nitrogen and oxygen atoms in total. The van der Waals surface area contributed by atoms with Gasteiger partial charge in [-0.05, 0) is 37.5 Å². The Labute approximate surface area is 168 Å². The molecule has 0 fully saturated rings. The Balaban J connectivity index is 2.20. The maximum absolute atomic E-state index is 13.2. The summed E-state index contributed by atoms with van der Waals surface area (Å²) in [5, 5.41) is 0. The second-order valence-electron chi connectivity index (χ2n) is 7.37. The van der Waals surface area contributed by atoms with Crippen molar-refractivity contribution in [1.82, 2.24) is 14.4 Å². The van der Waals surface area contributed by atoms with E-state index in [1.54, 1.807) is 4.90 Å². The zero-order valence-corrected chi connectivity index (χ0v) is 17.6. The van der Waals surface area contributed by atoms with Gasteiger partial charge in [-0.15, -0.1) is 0 Å². The van der Waals surface area contributed by atoms with Crippen LogP contribution in [0.5, 0.6) is 0 Å². The Hall–Kier alpha value is -2.56. The van der Waals surface area contributed by atoms with Gasteiger partial charge < -0.3 is 14.4 Å². The first-order valence-corrected chi connectivity index (χ1v) is 10.2. The SMILES string of the molecule is CCCC(=O)N(CC(=O)N(Cc1ccccc1)Cc1cccn1C)[C@@H](C)CC. The lowest BCUT2D eigenvalue weighted by molar-refractivity contribution is -0.143. The summed E-state index contributed by atoms with van der Waals surface area (Å²) >= 11 is 0. The predicted molar refractivity (Wildman–Crippen MR) is 112 cm³/mol. The van der Waals surface area contributed by atoms with Gasteiger partial charge in [-0.1, -0.05) is 44.2 Å². The summed E-state index contributed by atoms with van der Waals surface area (Å²) in [6, 6.07) is 14.1. The summed E-state index contributed by atoms with van der Waals surface area (Å²) in [5.74, 6) is 0.0403. The molecule has 1 aromatic carbocycles. The van der Waals surface area contributed by atoms with E-state index < -0.39 is 0 Å². The first kappa shape index (κ1) is 21.7. The van der Waals surface area contributed by atoms with Crippen molar-refractivity contribution in [3.63, 3.8) is 0 Å². The summed E-state index contributed by atoms with van der Waals surface area (Å²) < 4.78 is 2.03. The smallest absolute Gasteiger partial charge is 0.242 e. The molecular formula is C23H33N3O2. The van der Waals surface area contributed by atoms with E-state index in [0.717, 1.165) is 24.1 Å². The molecule has 1 atom stereocenters. The predicted octanol–water partition coefficient (Wildman–Crippen LogP) is 3.98. The molecule has 2 rings (SSSR count). The molecule has 0 unspecified atom stereocenters. The molecule has 1 aromatic heterocycles. The van der Waals surface area contributed by atoms with E-state index in [9.17, 15) is 9.59 Å². The number of nitrogens with zero attached hydrogens (tertiary/aromatic N) is 3. The standard InChI is InChI=1S/C23H33N3O2/c1-5-11-22(27)26(19(3)6-2)18-23(28)25(16-20-12-8-7-9-13-20)17-21-14-10-15-24(21)4/h7-10,12-15,19H,5-6,11,16-18H2,1-4H3/t19-/m0/s1. The first-order valence-electron chi connectivity index (χ1n) is 10.2. The molecule has 0 aliphatic heterocycles. The fourth-order valence-electron chi connectivity index (χ4n) is 3.21. The van der Waals surface area contributed by atoms with Crippen molar-refractivity contribution < 1.29 is 9.59 Å². The van der Waals surface area contributed by atoms with Crippen LogP contribution >= 0.6 is 0 Å². The van der Waals surface area contributed by atoms with Crippen LogP contribution in [0.15, 0.2) is 48.7 Å². The van der Waals surface area contributed by atoms with E-state index in [0.29, 0.717) is 19.5 Å². The number of amides is 2. The van der Waals surface area contributed by atoms with Crippen LogP contribution in [0.25, 0.3) is 0 Å². The number of hydrogen-bond donors (Lipinski definition) is 0. The van der Waals surface area contributed by atoms with Crippen molar-refractivity contribution in [2.45, 2.75) is 59.2 Å². The highest BCUT2D eigenvalue weighted by atomic mass is 16.2. The van der Waals surface area contributed by atoms with E-state index in [-0.39, 0.29) is 24.4 Å². The van der Waals surface area contributed by atoms with Crippen LogP contribution in [-0.2, 0) is 29.7 Å². The molecule has 0 N–H and O–H groups in total. The number of carbonyl (C=O) groups is 2. The van der Waals surface area contributed by atoms with Crippen LogP contribution in [0, 0.1) is 0 Å². The van der Waals surface area contributed by atoms with Gasteiger partial charge in [0.25, 0.3) is 0 Å². The second-order valence-corrected chi connectivity index (χ2v) is 7.37. The fraction of sp³-hybridized carbons (Fsp3) is 0.478. The minimum Gasteiger partial charge on any atom is -0.353 e. The summed E-state index contributed by atoms with van der Waals surface area (Å²) in [4.78, 5) is 29.4. The molecule has 5 heteroatoms. The molecule has 1 heterocycles. The van der Waals surface area contributed by atoms with Crippen molar-refractivity contribution in [3.05, 3.63) is 59.9 Å². The van der Waals surface area contributed by atoms with Gasteiger partial charge in [0.1, 0.15) is 6.54 Å². The van der Waals surface area contributed by atoms with E-state index >= 15 is 0 Å². The maximum Gasteiger partial charge on any atom is 0.242 e. The van der Waals surface area contributed by atoms with Crippen LogP contribution < -0.4 is 0 Å². The third-order valence-electron chi connectivity index (χ3n) is 5.19. The molecule has 0 saturated heterocycles. The van der Waals surface area contributed by atoms with Crippen LogP contribution in [0.1, 0.15) is 51.3 Å². The highest BCUT2D eigenvalue weighted by Crippen LogP contribution is 2.14. The average Bonchev–Trinajstić information content (AvgIpc) is 3.10. The van der Waals surface area contributed by atoms with Gasteiger partial charge in [0.2, 0.25) is 11.8 Å². The lowest BCUT2D eigenvalue weighted by Crippen LogP contribution is -2.46. The van der Waals surface area contributed by atoms with Crippen molar-refractivity contribution >= 4 is 11.8 Å². The zero-order chi connectivity index (χ0) is 20.5. The molecule has 2 amide bonds. The Bertz CT molecular complexity index is 754. The van der Waals surface area contributed by atoms with Crippen LogP contribution in [0.4, 0.5) is 0 Å². The minimum atomic E-state index is -0.0187. The van der Waals surface area contributed by atoms with E-state index in [1.165, 1.54) is 0 Å². The van der Waals surface area contributed by atoms with Crippen molar-refractivity contribution in [2.24, 2.45) is 7.05 Å². The Morgan fingerprint density at radius 1 is 1.00 bits per heavy atom. The van der Waals surface area contributed by atoms with Gasteiger partial charge in [-0.25, -0.2) is 0 Å². The largest absolute Gasteiger partial charge is 0.353 e. The normalized spacial score (nSPS) is 11.9. The minimum absolute atomic E-state index is 0.0187. The van der Waals surface area contributed by atoms with Gasteiger partial charge in [0, 0.05) is 37.9 Å². The monoisotopic (exact) mass is 383 g/mol. The quantitative estimate of drug-likeness (QED) is 0.623. The molecule has 152 valence electrons. The van der Waals surface area contributed by atoms with Crippen LogP contribution in [0.2, 0.25) is 0 Å². The average molecular weight is 384 g/mol. The molecule has 0 bridgehead atoms. The molecule has 0 spiro atoms. The Morgan fingerprint density at radius 3 is 2.29 bits per heavy atom. The van der Waals surface area contributed by atoms with Gasteiger partial charge in [-0.2, -0.15) is 0 Å². The maximum atomic E-state index is 13.2. The van der Waals surface area contributed by atoms with Crippen molar-refractivity contribution in [2.75, 3.05) is 6.54 Å². The lowest BCUT2D eigenvalue weighted by Gasteiger charge is -2.31. The van der Waals surface area contributed by atoms with E-state index in [2.05, 4.69) is 0 Å². The first-order chi connectivity index (χ1) is 13.5. The third-order valence-corrected chi connectivity index (χ3v) is 5.19. The topological polar surface area (TPSA) is 45.6 Å². The van der Waals surface area contributed by atoms with Crippen LogP contribution in [-0.4, -0.2) is 38.8 Å². The molecular weight excluding hydrogens is 350 g/mol. The van der Waals surface area contributed by atoms with E-state index in [4.69, 9.17) is 0 Å². The molecule has 0 aliphatic rings. The van der Waals surface area contributed by atoms with Gasteiger partial charge in [-0.3, -0.25) is 9.59 Å². The zero-order valence-electron chi connectivity index (χ0n) is 17.6. The number of benzene rings is 1. The van der Waals surface area contributed by atoms with E-state index in [1.807, 2.05) is 85.9 Å². The Kier molecular flexibility index (Phi) is 8.30. The fourth-order valence-corrected chi connectivity index (χ4v) is 3.21. The second kappa shape index (κ2) is 10.7. The highest BCUT2D eigenvalue weighted by Gasteiger charge is 2.24. The van der Waals surface area contributed by atoms with Crippen molar-refractivity contribution in [1.29, 1.82) is 0 Å². The van der Waals surface area contributed by atoms with Crippen molar-refractivity contribution in [3.8, 4) is 0 Å². The molecule has 0 aliphatic carbocycles. The van der Waals surface area contributed by atoms with Gasteiger partial charge >= 0.3 is 0 Å². The Morgan fingerprint density at radius 2 is 1.71 bits per heavy atom. The number of aryl methyl sites for hydroxylation is 1. The molecule has 2 aromatic rings. The summed E-state index contributed by atoms with van der Waals surface area (Å²) in [7, 11) is 1.98. The van der Waals surface area contributed by atoms with Crippen LogP contribution in [0.3, 0.4) is 0 Å². The lowest BCUT2D eigenvalue weighted by atomic mass is 10.1. The summed E-state index contributed by atoms with van der Waals surface area (Å²) in [6.07, 6.45) is 4.08. The molecule has 28 heavy (non-hydrogen) atoms.